The second kappa shape index (κ2) is 4.04. The molecule has 0 saturated carbocycles. The molecule has 1 aliphatic rings. The Morgan fingerprint density at radius 2 is 2.25 bits per heavy atom. The van der Waals surface area contributed by atoms with E-state index < -0.39 is 0 Å². The number of carbonyl (C=O) groups excluding carboxylic acids is 1. The Kier molecular flexibility index (Phi) is 2.73. The summed E-state index contributed by atoms with van der Waals surface area (Å²) < 4.78 is 0. The zero-order valence-electron chi connectivity index (χ0n) is 9.71. The fourth-order valence-electron chi connectivity index (χ4n) is 2.07. The van der Waals surface area contributed by atoms with Crippen molar-refractivity contribution >= 4 is 23.0 Å². The molecule has 86 valence electrons. The second-order valence-corrected chi connectivity index (χ2v) is 4.21. The van der Waals surface area contributed by atoms with Crippen LogP contribution in [0.25, 0.3) is 0 Å². The number of nitrogens with one attached hydrogen (secondary N) is 1. The van der Waals surface area contributed by atoms with Gasteiger partial charge in [0.15, 0.2) is 0 Å². The van der Waals surface area contributed by atoms with Crippen molar-refractivity contribution in [3.05, 3.63) is 17.7 Å². The number of nitrogen functional groups attached to an aromatic ring is 1. The molecule has 0 aliphatic carbocycles. The number of rotatable bonds is 3. The van der Waals surface area contributed by atoms with E-state index in [4.69, 9.17) is 5.73 Å². The number of benzene rings is 1. The van der Waals surface area contributed by atoms with Crippen molar-refractivity contribution in [1.82, 2.24) is 0 Å². The van der Waals surface area contributed by atoms with Gasteiger partial charge in [-0.25, -0.2) is 0 Å². The predicted molar refractivity (Wildman–Crippen MR) is 66.7 cm³/mol. The third-order valence-electron chi connectivity index (χ3n) is 2.85. The van der Waals surface area contributed by atoms with E-state index in [1.54, 1.807) is 0 Å². The minimum absolute atomic E-state index is 0.0460. The summed E-state index contributed by atoms with van der Waals surface area (Å²) in [6.07, 6.45) is 1.51. The first-order valence-electron chi connectivity index (χ1n) is 5.55. The molecule has 16 heavy (non-hydrogen) atoms. The fraction of sp³-hybridized carbons (Fsp3) is 0.417. The van der Waals surface area contributed by atoms with Gasteiger partial charge in [-0.05, 0) is 24.1 Å². The molecule has 0 fully saturated rings. The Morgan fingerprint density at radius 1 is 1.50 bits per heavy atom. The normalized spacial score (nSPS) is 13.5. The number of nitrogens with two attached hydrogens (primary N) is 1. The molecule has 0 saturated heterocycles. The number of nitrogens with zero attached hydrogens (tertiary/aromatic N) is 1. The Hall–Kier alpha value is -1.71. The van der Waals surface area contributed by atoms with Crippen molar-refractivity contribution in [3.63, 3.8) is 0 Å². The Labute approximate surface area is 95.4 Å². The quantitative estimate of drug-likeness (QED) is 0.759. The lowest BCUT2D eigenvalue weighted by molar-refractivity contribution is -0.115. The molecule has 0 spiro atoms. The maximum absolute atomic E-state index is 11.3. The van der Waals surface area contributed by atoms with E-state index >= 15 is 0 Å². The van der Waals surface area contributed by atoms with E-state index in [0.717, 1.165) is 35.6 Å². The van der Waals surface area contributed by atoms with E-state index in [-0.39, 0.29) is 5.91 Å². The average molecular weight is 219 g/mol. The number of hydrogen-bond acceptors (Lipinski definition) is 3. The van der Waals surface area contributed by atoms with Crippen molar-refractivity contribution in [1.29, 1.82) is 0 Å². The standard InChI is InChI=1S/C12H17N3O/c1-3-4-15(2)11-7-10-8(5-9(11)13)6-12(16)14-10/h5,7H,3-4,6,13H2,1-2H3,(H,14,16). The van der Waals surface area contributed by atoms with Crippen LogP contribution in [0.2, 0.25) is 0 Å². The third-order valence-corrected chi connectivity index (χ3v) is 2.85. The first-order valence-corrected chi connectivity index (χ1v) is 5.55. The highest BCUT2D eigenvalue weighted by molar-refractivity contribution is 6.00. The molecular weight excluding hydrogens is 202 g/mol. The largest absolute Gasteiger partial charge is 0.397 e. The van der Waals surface area contributed by atoms with Crippen molar-refractivity contribution in [2.75, 3.05) is 29.5 Å². The zero-order valence-corrected chi connectivity index (χ0v) is 9.71. The Morgan fingerprint density at radius 3 is 2.94 bits per heavy atom. The molecule has 2 rings (SSSR count). The van der Waals surface area contributed by atoms with E-state index in [9.17, 15) is 4.79 Å². The fourth-order valence-corrected chi connectivity index (χ4v) is 2.07. The van der Waals surface area contributed by atoms with Gasteiger partial charge in [-0.2, -0.15) is 0 Å². The lowest BCUT2D eigenvalue weighted by Gasteiger charge is -2.21. The molecule has 0 radical (unpaired) electrons. The smallest absolute Gasteiger partial charge is 0.228 e. The van der Waals surface area contributed by atoms with Gasteiger partial charge in [0.05, 0.1) is 17.8 Å². The lowest BCUT2D eigenvalue weighted by Crippen LogP contribution is -2.19. The minimum Gasteiger partial charge on any atom is -0.397 e. The van der Waals surface area contributed by atoms with Crippen molar-refractivity contribution in [3.8, 4) is 0 Å². The highest BCUT2D eigenvalue weighted by Crippen LogP contribution is 2.33. The zero-order chi connectivity index (χ0) is 11.7. The first kappa shape index (κ1) is 10.8. The number of hydrogen-bond donors (Lipinski definition) is 2. The molecule has 1 aromatic carbocycles. The molecule has 4 nitrogen and oxygen atoms in total. The van der Waals surface area contributed by atoms with E-state index in [1.807, 2.05) is 19.2 Å². The van der Waals surface area contributed by atoms with Gasteiger partial charge in [-0.3, -0.25) is 4.79 Å². The number of amides is 1. The summed E-state index contributed by atoms with van der Waals surface area (Å²) >= 11 is 0. The van der Waals surface area contributed by atoms with Gasteiger partial charge in [0, 0.05) is 19.3 Å². The summed E-state index contributed by atoms with van der Waals surface area (Å²) in [6.45, 7) is 3.08. The summed E-state index contributed by atoms with van der Waals surface area (Å²) in [5.74, 6) is 0.0460. The van der Waals surface area contributed by atoms with E-state index in [1.165, 1.54) is 0 Å². The number of anilines is 3. The SMILES string of the molecule is CCCN(C)c1cc2c(cc1N)CC(=O)N2. The van der Waals surface area contributed by atoms with Gasteiger partial charge in [-0.15, -0.1) is 0 Å². The molecule has 0 aromatic heterocycles. The number of fused-ring (bicyclic) bond motifs is 1. The molecular formula is C12H17N3O. The van der Waals surface area contributed by atoms with Crippen LogP contribution in [0, 0.1) is 0 Å². The molecule has 1 aliphatic heterocycles. The molecule has 1 aromatic rings. The minimum atomic E-state index is 0.0460. The summed E-state index contributed by atoms with van der Waals surface area (Å²) in [4.78, 5) is 13.4. The van der Waals surface area contributed by atoms with Gasteiger partial charge in [0.1, 0.15) is 0 Å². The molecule has 0 bridgehead atoms. The van der Waals surface area contributed by atoms with Gasteiger partial charge in [-0.1, -0.05) is 6.92 Å². The topological polar surface area (TPSA) is 58.4 Å². The van der Waals surface area contributed by atoms with Crippen LogP contribution >= 0.6 is 0 Å². The predicted octanol–water partition coefficient (Wildman–Crippen LogP) is 1.61. The van der Waals surface area contributed by atoms with Crippen LogP contribution in [0.15, 0.2) is 12.1 Å². The van der Waals surface area contributed by atoms with Crippen molar-refractivity contribution in [2.24, 2.45) is 0 Å². The Balaban J connectivity index is 2.34. The highest BCUT2D eigenvalue weighted by Gasteiger charge is 2.20. The van der Waals surface area contributed by atoms with Crippen LogP contribution < -0.4 is 16.0 Å². The van der Waals surface area contributed by atoms with Crippen LogP contribution in [0.5, 0.6) is 0 Å². The van der Waals surface area contributed by atoms with Crippen LogP contribution in [-0.2, 0) is 11.2 Å². The summed E-state index contributed by atoms with van der Waals surface area (Å²) in [5.41, 5.74) is 9.62. The van der Waals surface area contributed by atoms with Gasteiger partial charge >= 0.3 is 0 Å². The monoisotopic (exact) mass is 219 g/mol. The van der Waals surface area contributed by atoms with Crippen LogP contribution in [0.4, 0.5) is 17.1 Å². The average Bonchev–Trinajstić information content (AvgIpc) is 2.56. The molecule has 3 N–H and O–H groups in total. The summed E-state index contributed by atoms with van der Waals surface area (Å²) in [7, 11) is 2.01. The molecule has 1 amide bonds. The third kappa shape index (κ3) is 1.83. The molecule has 4 heteroatoms. The molecule has 0 unspecified atom stereocenters. The van der Waals surface area contributed by atoms with Gasteiger partial charge in [0.25, 0.3) is 0 Å². The van der Waals surface area contributed by atoms with Gasteiger partial charge < -0.3 is 16.0 Å². The van der Waals surface area contributed by atoms with Gasteiger partial charge in [0.2, 0.25) is 5.91 Å². The first-order chi connectivity index (χ1) is 7.61. The van der Waals surface area contributed by atoms with Crippen LogP contribution in [0.3, 0.4) is 0 Å². The van der Waals surface area contributed by atoms with E-state index in [0.29, 0.717) is 6.42 Å². The summed E-state index contributed by atoms with van der Waals surface area (Å²) in [6, 6.07) is 3.86. The van der Waals surface area contributed by atoms with Crippen LogP contribution in [0.1, 0.15) is 18.9 Å². The second-order valence-electron chi connectivity index (χ2n) is 4.21. The lowest BCUT2D eigenvalue weighted by atomic mass is 10.1. The maximum Gasteiger partial charge on any atom is 0.228 e. The Bertz CT molecular complexity index is 429. The van der Waals surface area contributed by atoms with Crippen LogP contribution in [-0.4, -0.2) is 19.5 Å². The maximum atomic E-state index is 11.3. The number of carbonyl (C=O) groups is 1. The summed E-state index contributed by atoms with van der Waals surface area (Å²) in [5, 5.41) is 2.84. The van der Waals surface area contributed by atoms with Crippen molar-refractivity contribution in [2.45, 2.75) is 19.8 Å². The highest BCUT2D eigenvalue weighted by atomic mass is 16.1. The molecule has 0 atom stereocenters. The molecule has 1 heterocycles. The van der Waals surface area contributed by atoms with Crippen molar-refractivity contribution < 1.29 is 4.79 Å². The van der Waals surface area contributed by atoms with E-state index in [2.05, 4.69) is 17.1 Å².